The molecule has 3 rings (SSSR count). The van der Waals surface area contributed by atoms with Crippen LogP contribution in [-0.2, 0) is 0 Å². The number of ether oxygens (including phenoxy) is 1. The predicted octanol–water partition coefficient (Wildman–Crippen LogP) is 4.66. The number of benzene rings is 2. The van der Waals surface area contributed by atoms with Crippen molar-refractivity contribution in [3.8, 4) is 5.75 Å². The number of para-hydroxylation sites is 1. The fraction of sp³-hybridized carbons (Fsp3) is 0.375. The molecule has 2 aromatic carbocycles. The van der Waals surface area contributed by atoms with Crippen molar-refractivity contribution < 1.29 is 14.3 Å². The largest absolute Gasteiger partial charge is 0.490 e. The summed E-state index contributed by atoms with van der Waals surface area (Å²) in [4.78, 5) is 25.0. The van der Waals surface area contributed by atoms with Crippen LogP contribution in [0.25, 0.3) is 0 Å². The molecule has 1 fully saturated rings. The summed E-state index contributed by atoms with van der Waals surface area (Å²) in [5.41, 5.74) is 1.70. The van der Waals surface area contributed by atoms with E-state index in [1.165, 1.54) is 19.3 Å². The van der Waals surface area contributed by atoms with E-state index in [9.17, 15) is 9.59 Å². The van der Waals surface area contributed by atoms with Crippen LogP contribution in [0.2, 0.25) is 0 Å². The van der Waals surface area contributed by atoms with E-state index < -0.39 is 0 Å². The van der Waals surface area contributed by atoms with Crippen LogP contribution >= 0.6 is 12.2 Å². The van der Waals surface area contributed by atoms with E-state index in [4.69, 9.17) is 17.0 Å². The number of rotatable bonds is 6. The first-order valence-corrected chi connectivity index (χ1v) is 11.1. The van der Waals surface area contributed by atoms with E-state index in [0.29, 0.717) is 22.6 Å². The van der Waals surface area contributed by atoms with Crippen LogP contribution in [0.3, 0.4) is 0 Å². The van der Waals surface area contributed by atoms with Gasteiger partial charge in [0.15, 0.2) is 5.11 Å². The first-order chi connectivity index (χ1) is 14.9. The molecule has 6 nitrogen and oxygen atoms in total. The third-order valence-corrected chi connectivity index (χ3v) is 5.27. The Morgan fingerprint density at radius 1 is 0.968 bits per heavy atom. The second kappa shape index (κ2) is 10.9. The average Bonchev–Trinajstić information content (AvgIpc) is 2.74. The van der Waals surface area contributed by atoms with Crippen LogP contribution < -0.4 is 20.7 Å². The molecule has 2 amide bonds. The lowest BCUT2D eigenvalue weighted by atomic mass is 9.95. The van der Waals surface area contributed by atoms with E-state index in [-0.39, 0.29) is 29.1 Å². The predicted molar refractivity (Wildman–Crippen MR) is 127 cm³/mol. The number of hydrogen-bond donors (Lipinski definition) is 3. The van der Waals surface area contributed by atoms with Crippen molar-refractivity contribution >= 4 is 34.8 Å². The van der Waals surface area contributed by atoms with Crippen LogP contribution in [0, 0.1) is 0 Å². The van der Waals surface area contributed by atoms with E-state index in [1.807, 2.05) is 19.9 Å². The Morgan fingerprint density at radius 2 is 1.65 bits per heavy atom. The number of nitrogens with one attached hydrogen (secondary N) is 3. The molecule has 31 heavy (non-hydrogen) atoms. The average molecular weight is 440 g/mol. The lowest BCUT2D eigenvalue weighted by molar-refractivity contribution is 0.0926. The minimum absolute atomic E-state index is 0.0483. The minimum Gasteiger partial charge on any atom is -0.490 e. The molecule has 3 N–H and O–H groups in total. The summed E-state index contributed by atoms with van der Waals surface area (Å²) in [6, 6.07) is 14.3. The molecule has 0 spiro atoms. The molecule has 0 radical (unpaired) electrons. The van der Waals surface area contributed by atoms with Crippen molar-refractivity contribution in [3.05, 3.63) is 59.7 Å². The maximum Gasteiger partial charge on any atom is 0.261 e. The molecular formula is C24H29N3O3S. The summed E-state index contributed by atoms with van der Waals surface area (Å²) < 4.78 is 5.69. The van der Waals surface area contributed by atoms with Crippen LogP contribution in [0.1, 0.15) is 66.7 Å². The molecule has 164 valence electrons. The first-order valence-electron chi connectivity index (χ1n) is 10.7. The molecular weight excluding hydrogens is 410 g/mol. The van der Waals surface area contributed by atoms with Crippen LogP contribution in [0.15, 0.2) is 48.5 Å². The zero-order valence-electron chi connectivity index (χ0n) is 17.9. The van der Waals surface area contributed by atoms with Crippen molar-refractivity contribution in [2.75, 3.05) is 5.32 Å². The molecule has 1 aliphatic carbocycles. The van der Waals surface area contributed by atoms with Crippen molar-refractivity contribution in [1.82, 2.24) is 10.6 Å². The molecule has 7 heteroatoms. The summed E-state index contributed by atoms with van der Waals surface area (Å²) in [6.45, 7) is 3.81. The van der Waals surface area contributed by atoms with E-state index >= 15 is 0 Å². The number of hydrogen-bond acceptors (Lipinski definition) is 4. The molecule has 0 aliphatic heterocycles. The van der Waals surface area contributed by atoms with Gasteiger partial charge in [0.2, 0.25) is 0 Å². The number of amides is 2. The second-order valence-corrected chi connectivity index (χ2v) is 8.37. The summed E-state index contributed by atoms with van der Waals surface area (Å²) >= 11 is 5.27. The van der Waals surface area contributed by atoms with E-state index in [2.05, 4.69) is 16.0 Å². The highest BCUT2D eigenvalue weighted by atomic mass is 32.1. The Hall–Kier alpha value is -2.93. The quantitative estimate of drug-likeness (QED) is 0.571. The molecule has 0 atom stereocenters. The van der Waals surface area contributed by atoms with Crippen LogP contribution in [0.5, 0.6) is 5.75 Å². The zero-order chi connectivity index (χ0) is 22.2. The van der Waals surface area contributed by atoms with Crippen molar-refractivity contribution in [3.63, 3.8) is 0 Å². The Morgan fingerprint density at radius 3 is 2.32 bits per heavy atom. The summed E-state index contributed by atoms with van der Waals surface area (Å²) in [5, 5.41) is 8.92. The normalized spacial score (nSPS) is 14.0. The van der Waals surface area contributed by atoms with E-state index in [0.717, 1.165) is 12.8 Å². The maximum atomic E-state index is 12.6. The van der Waals surface area contributed by atoms with Crippen molar-refractivity contribution in [1.29, 1.82) is 0 Å². The highest BCUT2D eigenvalue weighted by molar-refractivity contribution is 7.80. The standard InChI is InChI=1S/C24H29N3O3S/c1-16(2)30-21-11-7-6-10-20(21)23(29)27-24(31)26-19-14-12-17(13-15-19)22(28)25-18-8-4-3-5-9-18/h6-7,10-16,18H,3-5,8-9H2,1-2H3,(H,25,28)(H2,26,27,29,31). The lowest BCUT2D eigenvalue weighted by Gasteiger charge is -2.22. The number of carbonyl (C=O) groups is 2. The first kappa shape index (κ1) is 22.7. The number of thiocarbonyl (C=S) groups is 1. The third-order valence-electron chi connectivity index (χ3n) is 5.07. The second-order valence-electron chi connectivity index (χ2n) is 7.96. The fourth-order valence-corrected chi connectivity index (χ4v) is 3.77. The Labute approximate surface area is 188 Å². The molecule has 2 aromatic rings. The molecule has 1 aliphatic rings. The van der Waals surface area contributed by atoms with Gasteiger partial charge in [0.25, 0.3) is 11.8 Å². The summed E-state index contributed by atoms with van der Waals surface area (Å²) in [6.07, 6.45) is 5.64. The molecule has 1 saturated carbocycles. The van der Waals surface area contributed by atoms with E-state index in [1.54, 1.807) is 42.5 Å². The molecule has 0 bridgehead atoms. The smallest absolute Gasteiger partial charge is 0.261 e. The summed E-state index contributed by atoms with van der Waals surface area (Å²) in [5.74, 6) is 0.0967. The Bertz CT molecular complexity index is 922. The van der Waals surface area contributed by atoms with Gasteiger partial charge in [-0.3, -0.25) is 14.9 Å². The van der Waals surface area contributed by atoms with Crippen LogP contribution in [0.4, 0.5) is 5.69 Å². The molecule has 0 aromatic heterocycles. The van der Waals surface area contributed by atoms with Gasteiger partial charge in [-0.25, -0.2) is 0 Å². The van der Waals surface area contributed by atoms with Gasteiger partial charge in [-0.1, -0.05) is 31.4 Å². The maximum absolute atomic E-state index is 12.6. The van der Waals surface area contributed by atoms with Gasteiger partial charge in [-0.05, 0) is 75.3 Å². The Kier molecular flexibility index (Phi) is 8.00. The van der Waals surface area contributed by atoms with Gasteiger partial charge < -0.3 is 15.4 Å². The highest BCUT2D eigenvalue weighted by Crippen LogP contribution is 2.20. The topological polar surface area (TPSA) is 79.5 Å². The fourth-order valence-electron chi connectivity index (χ4n) is 3.56. The van der Waals surface area contributed by atoms with Gasteiger partial charge in [0, 0.05) is 17.3 Å². The lowest BCUT2D eigenvalue weighted by Crippen LogP contribution is -2.36. The zero-order valence-corrected chi connectivity index (χ0v) is 18.8. The molecule has 0 saturated heterocycles. The third kappa shape index (κ3) is 6.79. The van der Waals surface area contributed by atoms with Gasteiger partial charge >= 0.3 is 0 Å². The van der Waals surface area contributed by atoms with Gasteiger partial charge in [-0.2, -0.15) is 0 Å². The minimum atomic E-state index is -0.350. The SMILES string of the molecule is CC(C)Oc1ccccc1C(=O)NC(=S)Nc1ccc(C(=O)NC2CCCCC2)cc1. The van der Waals surface area contributed by atoms with Crippen LogP contribution in [-0.4, -0.2) is 29.1 Å². The van der Waals surface area contributed by atoms with Gasteiger partial charge in [-0.15, -0.1) is 0 Å². The number of anilines is 1. The number of carbonyl (C=O) groups excluding carboxylic acids is 2. The Balaban J connectivity index is 1.55. The van der Waals surface area contributed by atoms with Gasteiger partial charge in [0.05, 0.1) is 11.7 Å². The molecule has 0 unspecified atom stereocenters. The highest BCUT2D eigenvalue weighted by Gasteiger charge is 2.17. The summed E-state index contributed by atoms with van der Waals surface area (Å²) in [7, 11) is 0. The van der Waals surface area contributed by atoms with Crippen molar-refractivity contribution in [2.24, 2.45) is 0 Å². The monoisotopic (exact) mass is 439 g/mol. The molecule has 0 heterocycles. The van der Waals surface area contributed by atoms with Gasteiger partial charge in [0.1, 0.15) is 5.75 Å². The van der Waals surface area contributed by atoms with Crippen molar-refractivity contribution in [2.45, 2.75) is 58.1 Å².